The smallest absolute Gasteiger partial charge is 0.320 e. The van der Waals surface area contributed by atoms with Crippen molar-refractivity contribution in [3.05, 3.63) is 35.9 Å². The number of carbonyl (C=O) groups is 2. The number of carbonyl (C=O) groups excluding carboxylic acids is 1. The molecule has 148 valence electrons. The third kappa shape index (κ3) is 3.11. The van der Waals surface area contributed by atoms with Crippen molar-refractivity contribution in [3.8, 4) is 0 Å². The lowest BCUT2D eigenvalue weighted by Crippen LogP contribution is -2.61. The van der Waals surface area contributed by atoms with Gasteiger partial charge in [0.25, 0.3) is 0 Å². The van der Waals surface area contributed by atoms with E-state index in [1.807, 2.05) is 51.1 Å². The molecular weight excluding hydrogens is 342 g/mol. The number of carboxylic acids is 1. The molecule has 5 heteroatoms. The normalized spacial score (nSPS) is 32.8. The minimum atomic E-state index is -0.911. The number of hydrogen-bond acceptors (Lipinski definition) is 4. The van der Waals surface area contributed by atoms with Crippen LogP contribution in [0.4, 0.5) is 0 Å². The Labute approximate surface area is 161 Å². The summed E-state index contributed by atoms with van der Waals surface area (Å²) in [4.78, 5) is 25.4. The molecule has 0 heterocycles. The van der Waals surface area contributed by atoms with Gasteiger partial charge < -0.3 is 9.84 Å². The van der Waals surface area contributed by atoms with Crippen LogP contribution in [0.3, 0.4) is 0 Å². The lowest BCUT2D eigenvalue weighted by Gasteiger charge is -2.39. The van der Waals surface area contributed by atoms with Crippen molar-refractivity contribution in [1.29, 1.82) is 0 Å². The van der Waals surface area contributed by atoms with E-state index in [0.717, 1.165) is 12.0 Å². The molecule has 3 unspecified atom stereocenters. The standard InChI is InChI=1S/C22H31NO4/c1-14(2)17(18(24)25)23-22-16(20(22,3)4)11-12-21(5,19(22)26)27-13-15-9-7-6-8-10-15/h6-10,14,16-17,23H,11-13H2,1-5H3,(H,24,25)/t16?,17-,21?,22?/m0/s1. The summed E-state index contributed by atoms with van der Waals surface area (Å²) in [6.07, 6.45) is 1.51. The first-order chi connectivity index (χ1) is 12.6. The minimum absolute atomic E-state index is 0.000851. The summed E-state index contributed by atoms with van der Waals surface area (Å²) in [5.41, 5.74) is -0.992. The van der Waals surface area contributed by atoms with E-state index in [2.05, 4.69) is 19.2 Å². The Morgan fingerprint density at radius 3 is 2.44 bits per heavy atom. The SMILES string of the molecule is CC(C)[C@H](NC12C(=O)C(C)(OCc3ccccc3)CCC1C2(C)C)C(=O)O. The first-order valence-electron chi connectivity index (χ1n) is 9.79. The fourth-order valence-electron chi connectivity index (χ4n) is 4.91. The van der Waals surface area contributed by atoms with Crippen LogP contribution in [0.1, 0.15) is 53.0 Å². The molecule has 2 aliphatic carbocycles. The van der Waals surface area contributed by atoms with Crippen LogP contribution in [0, 0.1) is 17.3 Å². The van der Waals surface area contributed by atoms with Gasteiger partial charge in [0.05, 0.1) is 12.1 Å². The van der Waals surface area contributed by atoms with Crippen molar-refractivity contribution >= 4 is 11.8 Å². The van der Waals surface area contributed by atoms with Gasteiger partial charge in [-0.2, -0.15) is 0 Å². The van der Waals surface area contributed by atoms with Crippen molar-refractivity contribution in [1.82, 2.24) is 5.32 Å². The van der Waals surface area contributed by atoms with Gasteiger partial charge in [0, 0.05) is 0 Å². The van der Waals surface area contributed by atoms with Crippen LogP contribution in [0.25, 0.3) is 0 Å². The van der Waals surface area contributed by atoms with Gasteiger partial charge in [-0.3, -0.25) is 14.9 Å². The molecule has 1 aromatic carbocycles. The molecule has 0 aromatic heterocycles. The Balaban J connectivity index is 1.84. The molecule has 0 saturated heterocycles. The molecule has 2 aliphatic rings. The van der Waals surface area contributed by atoms with E-state index in [4.69, 9.17) is 4.74 Å². The first kappa shape index (κ1) is 20.0. The molecule has 2 saturated carbocycles. The molecule has 4 atom stereocenters. The third-order valence-corrected chi connectivity index (χ3v) is 6.79. The van der Waals surface area contributed by atoms with Crippen molar-refractivity contribution < 1.29 is 19.4 Å². The summed E-state index contributed by atoms with van der Waals surface area (Å²) < 4.78 is 6.15. The number of nitrogens with one attached hydrogen (secondary N) is 1. The zero-order valence-electron chi connectivity index (χ0n) is 16.9. The second kappa shape index (κ2) is 6.71. The fourth-order valence-corrected chi connectivity index (χ4v) is 4.91. The van der Waals surface area contributed by atoms with Crippen LogP contribution in [0.5, 0.6) is 0 Å². The number of fused-ring (bicyclic) bond motifs is 1. The molecule has 3 rings (SSSR count). The number of Topliss-reactive ketones (excluding diaryl/α,β-unsaturated/α-hetero) is 1. The van der Waals surface area contributed by atoms with Crippen LogP contribution in [0.15, 0.2) is 30.3 Å². The van der Waals surface area contributed by atoms with Crippen molar-refractivity contribution in [2.75, 3.05) is 0 Å². The van der Waals surface area contributed by atoms with Gasteiger partial charge in [-0.15, -0.1) is 0 Å². The Bertz CT molecular complexity index is 729. The number of carboxylic acid groups (broad SMARTS) is 1. The first-order valence-corrected chi connectivity index (χ1v) is 9.79. The average molecular weight is 373 g/mol. The molecule has 2 N–H and O–H groups in total. The minimum Gasteiger partial charge on any atom is -0.480 e. The number of ketones is 1. The van der Waals surface area contributed by atoms with Gasteiger partial charge in [-0.1, -0.05) is 58.0 Å². The largest absolute Gasteiger partial charge is 0.480 e. The van der Waals surface area contributed by atoms with E-state index in [1.54, 1.807) is 0 Å². The van der Waals surface area contributed by atoms with Gasteiger partial charge in [0.2, 0.25) is 0 Å². The third-order valence-electron chi connectivity index (χ3n) is 6.79. The zero-order chi connectivity index (χ0) is 20.0. The van der Waals surface area contributed by atoms with Crippen molar-refractivity contribution in [2.45, 2.75) is 71.2 Å². The average Bonchev–Trinajstić information content (AvgIpc) is 3.10. The maximum absolute atomic E-state index is 13.6. The lowest BCUT2D eigenvalue weighted by atomic mass is 9.80. The Morgan fingerprint density at radius 2 is 1.89 bits per heavy atom. The summed E-state index contributed by atoms with van der Waals surface area (Å²) in [7, 11) is 0. The summed E-state index contributed by atoms with van der Waals surface area (Å²) in [5.74, 6) is -0.878. The maximum Gasteiger partial charge on any atom is 0.320 e. The lowest BCUT2D eigenvalue weighted by molar-refractivity contribution is -0.154. The summed E-state index contributed by atoms with van der Waals surface area (Å²) >= 11 is 0. The fraction of sp³-hybridized carbons (Fsp3) is 0.636. The van der Waals surface area contributed by atoms with Crippen LogP contribution < -0.4 is 5.32 Å². The second-order valence-corrected chi connectivity index (χ2v) is 9.16. The van der Waals surface area contributed by atoms with Crippen molar-refractivity contribution in [2.24, 2.45) is 17.3 Å². The predicted molar refractivity (Wildman–Crippen MR) is 103 cm³/mol. The van der Waals surface area contributed by atoms with Gasteiger partial charge in [-0.05, 0) is 42.6 Å². The van der Waals surface area contributed by atoms with Gasteiger partial charge in [0.15, 0.2) is 5.78 Å². The number of aliphatic carboxylic acids is 1. The summed E-state index contributed by atoms with van der Waals surface area (Å²) in [5, 5.41) is 12.9. The quantitative estimate of drug-likeness (QED) is 0.766. The highest BCUT2D eigenvalue weighted by molar-refractivity contribution is 6.01. The molecule has 27 heavy (non-hydrogen) atoms. The van der Waals surface area contributed by atoms with E-state index >= 15 is 0 Å². The van der Waals surface area contributed by atoms with Crippen molar-refractivity contribution in [3.63, 3.8) is 0 Å². The van der Waals surface area contributed by atoms with Crippen LogP contribution in [-0.4, -0.2) is 34.0 Å². The predicted octanol–water partition coefficient (Wildman–Crippen LogP) is 3.42. The molecule has 1 aromatic rings. The molecular formula is C22H31NO4. The number of rotatable bonds is 7. The Hall–Kier alpha value is -1.72. The molecule has 0 spiro atoms. The maximum atomic E-state index is 13.6. The zero-order valence-corrected chi connectivity index (χ0v) is 16.9. The number of hydrogen-bond donors (Lipinski definition) is 2. The molecule has 0 radical (unpaired) electrons. The van der Waals surface area contributed by atoms with E-state index < -0.39 is 23.2 Å². The van der Waals surface area contributed by atoms with Crippen LogP contribution in [-0.2, 0) is 20.9 Å². The molecule has 0 bridgehead atoms. The van der Waals surface area contributed by atoms with E-state index in [0.29, 0.717) is 13.0 Å². The molecule has 0 amide bonds. The van der Waals surface area contributed by atoms with Gasteiger partial charge >= 0.3 is 5.97 Å². The molecule has 5 nitrogen and oxygen atoms in total. The highest BCUT2D eigenvalue weighted by Gasteiger charge is 2.79. The van der Waals surface area contributed by atoms with Gasteiger partial charge in [-0.25, -0.2) is 0 Å². The number of ether oxygens (including phenoxy) is 1. The van der Waals surface area contributed by atoms with E-state index in [1.165, 1.54) is 0 Å². The van der Waals surface area contributed by atoms with E-state index in [-0.39, 0.29) is 23.0 Å². The molecule has 2 fully saturated rings. The Morgan fingerprint density at radius 1 is 1.26 bits per heavy atom. The second-order valence-electron chi connectivity index (χ2n) is 9.16. The van der Waals surface area contributed by atoms with E-state index in [9.17, 15) is 14.7 Å². The topological polar surface area (TPSA) is 75.6 Å². The number of benzene rings is 1. The highest BCUT2D eigenvalue weighted by Crippen LogP contribution is 2.68. The monoisotopic (exact) mass is 373 g/mol. The van der Waals surface area contributed by atoms with Crippen LogP contribution >= 0.6 is 0 Å². The van der Waals surface area contributed by atoms with Crippen LogP contribution in [0.2, 0.25) is 0 Å². The summed E-state index contributed by atoms with van der Waals surface area (Å²) in [6.45, 7) is 10.1. The van der Waals surface area contributed by atoms with Gasteiger partial charge in [0.1, 0.15) is 11.6 Å². The highest BCUT2D eigenvalue weighted by atomic mass is 16.5. The summed E-state index contributed by atoms with van der Waals surface area (Å²) in [6, 6.07) is 9.06. The molecule has 0 aliphatic heterocycles. The Kier molecular flexibility index (Phi) is 4.98.